The van der Waals surface area contributed by atoms with Crippen molar-refractivity contribution in [2.75, 3.05) is 5.32 Å². The second-order valence-electron chi connectivity index (χ2n) is 4.74. The summed E-state index contributed by atoms with van der Waals surface area (Å²) in [6.07, 6.45) is 1.70. The lowest BCUT2D eigenvalue weighted by Crippen LogP contribution is -2.13. The molecule has 0 fully saturated rings. The highest BCUT2D eigenvalue weighted by atomic mass is 16.1. The molecule has 1 heterocycles. The van der Waals surface area contributed by atoms with Gasteiger partial charge in [-0.1, -0.05) is 18.2 Å². The van der Waals surface area contributed by atoms with Gasteiger partial charge in [-0.15, -0.1) is 0 Å². The first-order chi connectivity index (χ1) is 10.2. The normalized spacial score (nSPS) is 10.3. The van der Waals surface area contributed by atoms with Gasteiger partial charge in [-0.05, 0) is 30.7 Å². The number of nitrogens with zero attached hydrogens (tertiary/aromatic N) is 2. The molecular formula is C16H12N4O. The predicted octanol–water partition coefficient (Wildman–Crippen LogP) is 3.00. The van der Waals surface area contributed by atoms with E-state index in [1.165, 1.54) is 0 Å². The minimum absolute atomic E-state index is 0.256. The van der Waals surface area contributed by atoms with E-state index in [9.17, 15) is 10.1 Å². The van der Waals surface area contributed by atoms with Crippen molar-refractivity contribution in [2.24, 2.45) is 0 Å². The van der Waals surface area contributed by atoms with Crippen LogP contribution in [-0.2, 0) is 0 Å². The Bertz CT molecular complexity index is 873. The van der Waals surface area contributed by atoms with Crippen LogP contribution in [0.1, 0.15) is 21.5 Å². The number of nitriles is 1. The molecule has 0 atom stereocenters. The van der Waals surface area contributed by atoms with Gasteiger partial charge in [0, 0.05) is 10.9 Å². The molecule has 102 valence electrons. The third kappa shape index (κ3) is 2.35. The van der Waals surface area contributed by atoms with Crippen molar-refractivity contribution < 1.29 is 4.79 Å². The zero-order valence-corrected chi connectivity index (χ0v) is 11.3. The molecular weight excluding hydrogens is 264 g/mol. The van der Waals surface area contributed by atoms with Gasteiger partial charge in [0.2, 0.25) is 0 Å². The van der Waals surface area contributed by atoms with Crippen LogP contribution in [0.4, 0.5) is 5.69 Å². The number of nitrogens with one attached hydrogen (secondary N) is 2. The SMILES string of the molecule is Cc1cccc(NC(=O)c2ccc3cn[nH]c3c2)c1C#N. The van der Waals surface area contributed by atoms with Crippen LogP contribution in [0.3, 0.4) is 0 Å². The van der Waals surface area contributed by atoms with Gasteiger partial charge in [0.15, 0.2) is 0 Å². The molecule has 0 aliphatic rings. The van der Waals surface area contributed by atoms with Gasteiger partial charge < -0.3 is 5.32 Å². The number of aromatic amines is 1. The zero-order chi connectivity index (χ0) is 14.8. The second kappa shape index (κ2) is 5.10. The summed E-state index contributed by atoms with van der Waals surface area (Å²) in [4.78, 5) is 12.3. The average molecular weight is 276 g/mol. The molecule has 0 radical (unpaired) electrons. The van der Waals surface area contributed by atoms with E-state index in [0.717, 1.165) is 16.5 Å². The predicted molar refractivity (Wildman–Crippen MR) is 79.9 cm³/mol. The fourth-order valence-corrected chi connectivity index (χ4v) is 2.19. The molecule has 0 spiro atoms. The molecule has 0 bridgehead atoms. The van der Waals surface area contributed by atoms with Crippen molar-refractivity contribution in [2.45, 2.75) is 6.92 Å². The fraction of sp³-hybridized carbons (Fsp3) is 0.0625. The number of H-pyrrole nitrogens is 1. The Labute approximate surface area is 121 Å². The molecule has 5 heteroatoms. The van der Waals surface area contributed by atoms with Crippen LogP contribution >= 0.6 is 0 Å². The zero-order valence-electron chi connectivity index (χ0n) is 11.3. The molecule has 2 N–H and O–H groups in total. The van der Waals surface area contributed by atoms with Crippen molar-refractivity contribution >= 4 is 22.5 Å². The molecule has 21 heavy (non-hydrogen) atoms. The average Bonchev–Trinajstić information content (AvgIpc) is 2.94. The van der Waals surface area contributed by atoms with Crippen molar-refractivity contribution in [1.82, 2.24) is 10.2 Å². The Morgan fingerprint density at radius 2 is 2.19 bits per heavy atom. The minimum atomic E-state index is -0.256. The Morgan fingerprint density at radius 1 is 1.33 bits per heavy atom. The van der Waals surface area contributed by atoms with Crippen LogP contribution in [0.15, 0.2) is 42.6 Å². The van der Waals surface area contributed by atoms with E-state index in [2.05, 4.69) is 21.6 Å². The van der Waals surface area contributed by atoms with Gasteiger partial charge in [-0.3, -0.25) is 9.89 Å². The molecule has 3 aromatic rings. The number of amides is 1. The lowest BCUT2D eigenvalue weighted by molar-refractivity contribution is 0.102. The van der Waals surface area contributed by atoms with Gasteiger partial charge in [-0.2, -0.15) is 10.4 Å². The Morgan fingerprint density at radius 3 is 3.00 bits per heavy atom. The number of hydrogen-bond donors (Lipinski definition) is 2. The molecule has 0 unspecified atom stereocenters. The lowest BCUT2D eigenvalue weighted by Gasteiger charge is -2.08. The highest BCUT2D eigenvalue weighted by Crippen LogP contribution is 2.20. The molecule has 2 aromatic carbocycles. The molecule has 1 aromatic heterocycles. The maximum absolute atomic E-state index is 12.3. The largest absolute Gasteiger partial charge is 0.321 e. The first kappa shape index (κ1) is 12.9. The lowest BCUT2D eigenvalue weighted by atomic mass is 10.1. The number of anilines is 1. The Kier molecular flexibility index (Phi) is 3.13. The standard InChI is InChI=1S/C16H12N4O/c1-10-3-2-4-14(13(10)8-17)19-16(21)11-5-6-12-9-18-20-15(12)7-11/h2-7,9H,1H3,(H,18,20)(H,19,21). The van der Waals surface area contributed by atoms with E-state index in [-0.39, 0.29) is 5.91 Å². The number of aromatic nitrogens is 2. The summed E-state index contributed by atoms with van der Waals surface area (Å²) in [5.41, 5.74) is 3.14. The summed E-state index contributed by atoms with van der Waals surface area (Å²) in [6.45, 7) is 1.84. The number of carbonyl (C=O) groups excluding carboxylic acids is 1. The highest BCUT2D eigenvalue weighted by Gasteiger charge is 2.11. The maximum atomic E-state index is 12.3. The molecule has 0 saturated heterocycles. The summed E-state index contributed by atoms with van der Waals surface area (Å²) < 4.78 is 0. The fourth-order valence-electron chi connectivity index (χ4n) is 2.19. The number of fused-ring (bicyclic) bond motifs is 1. The summed E-state index contributed by atoms with van der Waals surface area (Å²) in [5, 5.41) is 19.7. The molecule has 0 saturated carbocycles. The quantitative estimate of drug-likeness (QED) is 0.754. The number of carbonyl (C=O) groups is 1. The summed E-state index contributed by atoms with van der Waals surface area (Å²) in [7, 11) is 0. The van der Waals surface area contributed by atoms with Gasteiger partial charge in [-0.25, -0.2) is 0 Å². The first-order valence-electron chi connectivity index (χ1n) is 6.43. The van der Waals surface area contributed by atoms with Crippen molar-refractivity contribution in [1.29, 1.82) is 5.26 Å². The monoisotopic (exact) mass is 276 g/mol. The van der Waals surface area contributed by atoms with E-state index in [4.69, 9.17) is 0 Å². The van der Waals surface area contributed by atoms with Crippen LogP contribution in [0.5, 0.6) is 0 Å². The van der Waals surface area contributed by atoms with E-state index in [1.54, 1.807) is 24.4 Å². The Hall–Kier alpha value is -3.13. The second-order valence-corrected chi connectivity index (χ2v) is 4.74. The molecule has 1 amide bonds. The van der Waals surface area contributed by atoms with Gasteiger partial charge in [0.05, 0.1) is 23.0 Å². The Balaban J connectivity index is 1.93. The van der Waals surface area contributed by atoms with Crippen molar-refractivity contribution in [3.8, 4) is 6.07 Å². The van der Waals surface area contributed by atoms with E-state index in [0.29, 0.717) is 16.8 Å². The smallest absolute Gasteiger partial charge is 0.255 e. The topological polar surface area (TPSA) is 81.6 Å². The van der Waals surface area contributed by atoms with Gasteiger partial charge >= 0.3 is 0 Å². The molecule has 5 nitrogen and oxygen atoms in total. The summed E-state index contributed by atoms with van der Waals surface area (Å²) >= 11 is 0. The van der Waals surface area contributed by atoms with Crippen LogP contribution in [0.2, 0.25) is 0 Å². The van der Waals surface area contributed by atoms with Crippen LogP contribution in [0.25, 0.3) is 10.9 Å². The van der Waals surface area contributed by atoms with Crippen molar-refractivity contribution in [3.05, 3.63) is 59.3 Å². The number of benzene rings is 2. The minimum Gasteiger partial charge on any atom is -0.321 e. The van der Waals surface area contributed by atoms with Crippen LogP contribution in [0, 0.1) is 18.3 Å². The van der Waals surface area contributed by atoms with Gasteiger partial charge in [0.1, 0.15) is 6.07 Å². The van der Waals surface area contributed by atoms with Gasteiger partial charge in [0.25, 0.3) is 5.91 Å². The van der Waals surface area contributed by atoms with Crippen LogP contribution in [-0.4, -0.2) is 16.1 Å². The van der Waals surface area contributed by atoms with E-state index < -0.39 is 0 Å². The highest BCUT2D eigenvalue weighted by molar-refractivity contribution is 6.06. The first-order valence-corrected chi connectivity index (χ1v) is 6.43. The van der Waals surface area contributed by atoms with Crippen molar-refractivity contribution in [3.63, 3.8) is 0 Å². The third-order valence-electron chi connectivity index (χ3n) is 3.34. The molecule has 0 aliphatic heterocycles. The molecule has 3 rings (SSSR count). The summed E-state index contributed by atoms with van der Waals surface area (Å²) in [6, 6.07) is 12.8. The maximum Gasteiger partial charge on any atom is 0.255 e. The molecule has 0 aliphatic carbocycles. The third-order valence-corrected chi connectivity index (χ3v) is 3.34. The van der Waals surface area contributed by atoms with Crippen LogP contribution < -0.4 is 5.32 Å². The number of aryl methyl sites for hydroxylation is 1. The summed E-state index contributed by atoms with van der Waals surface area (Å²) in [5.74, 6) is -0.256. The number of rotatable bonds is 2. The number of hydrogen-bond acceptors (Lipinski definition) is 3. The van der Waals surface area contributed by atoms with E-state index >= 15 is 0 Å². The van der Waals surface area contributed by atoms with E-state index in [1.807, 2.05) is 25.1 Å².